The Kier molecular flexibility index (Phi) is 6.10. The molecular formula is C16H26N4O2S. The van der Waals surface area contributed by atoms with E-state index in [2.05, 4.69) is 24.3 Å². The van der Waals surface area contributed by atoms with E-state index in [1.54, 1.807) is 40.8 Å². The maximum Gasteiger partial charge on any atom is 0.258 e. The van der Waals surface area contributed by atoms with Crippen molar-refractivity contribution >= 4 is 23.6 Å². The van der Waals surface area contributed by atoms with E-state index in [4.69, 9.17) is 0 Å². The highest BCUT2D eigenvalue weighted by molar-refractivity contribution is 7.99. The summed E-state index contributed by atoms with van der Waals surface area (Å²) in [6.45, 7) is 6.38. The van der Waals surface area contributed by atoms with Crippen molar-refractivity contribution in [2.45, 2.75) is 45.7 Å². The molecule has 7 heteroatoms. The molecule has 1 aromatic heterocycles. The first kappa shape index (κ1) is 17.8. The van der Waals surface area contributed by atoms with Gasteiger partial charge >= 0.3 is 0 Å². The Morgan fingerprint density at radius 2 is 2.13 bits per heavy atom. The fourth-order valence-corrected chi connectivity index (χ4v) is 3.71. The van der Waals surface area contributed by atoms with E-state index in [1.807, 2.05) is 6.92 Å². The second kappa shape index (κ2) is 7.86. The van der Waals surface area contributed by atoms with Gasteiger partial charge in [0, 0.05) is 25.0 Å². The molecule has 1 aromatic rings. The number of carbonyl (C=O) groups is 2. The van der Waals surface area contributed by atoms with Crippen LogP contribution in [0.2, 0.25) is 0 Å². The Labute approximate surface area is 142 Å². The van der Waals surface area contributed by atoms with Gasteiger partial charge in [0.2, 0.25) is 5.91 Å². The number of amides is 2. The van der Waals surface area contributed by atoms with Crippen molar-refractivity contribution in [1.82, 2.24) is 20.0 Å². The van der Waals surface area contributed by atoms with Gasteiger partial charge in [-0.2, -0.15) is 5.10 Å². The van der Waals surface area contributed by atoms with Gasteiger partial charge in [-0.15, -0.1) is 11.8 Å². The lowest BCUT2D eigenvalue weighted by Gasteiger charge is -2.24. The van der Waals surface area contributed by atoms with Crippen LogP contribution in [0.15, 0.2) is 12.4 Å². The molecule has 1 N–H and O–H groups in total. The smallest absolute Gasteiger partial charge is 0.258 e. The number of aromatic nitrogens is 2. The number of nitrogens with zero attached hydrogens (tertiary/aromatic N) is 3. The summed E-state index contributed by atoms with van der Waals surface area (Å²) in [5, 5.41) is 7.08. The number of hydrogen-bond acceptors (Lipinski definition) is 4. The van der Waals surface area contributed by atoms with Crippen LogP contribution < -0.4 is 5.32 Å². The summed E-state index contributed by atoms with van der Waals surface area (Å²) in [6, 6.07) is -0.264. The number of nitrogens with one attached hydrogen (secondary N) is 1. The molecule has 23 heavy (non-hydrogen) atoms. The molecule has 2 atom stereocenters. The summed E-state index contributed by atoms with van der Waals surface area (Å²) in [5.41, 5.74) is 0.528. The molecule has 1 fully saturated rings. The summed E-state index contributed by atoms with van der Waals surface area (Å²) >= 11 is 1.61. The first-order chi connectivity index (χ1) is 10.9. The zero-order chi connectivity index (χ0) is 17.0. The zero-order valence-electron chi connectivity index (χ0n) is 14.3. The van der Waals surface area contributed by atoms with Gasteiger partial charge in [0.15, 0.2) is 0 Å². The van der Waals surface area contributed by atoms with E-state index in [-0.39, 0.29) is 17.9 Å². The maximum absolute atomic E-state index is 12.6. The number of aryl methyl sites for hydroxylation is 1. The molecule has 0 aromatic carbocycles. The fourth-order valence-electron chi connectivity index (χ4n) is 2.55. The standard InChI is InChI=1S/C16H26N4O2S/c1-11(2)5-6-12(3)18-15(21)14-9-23-10-20(14)16(22)13-7-17-19(4)8-13/h7-8,11-12,14H,5-6,9-10H2,1-4H3,(H,18,21)/t12-,14+/m0/s1. The van der Waals surface area contributed by atoms with Crippen molar-refractivity contribution in [1.29, 1.82) is 0 Å². The number of hydrogen-bond donors (Lipinski definition) is 1. The van der Waals surface area contributed by atoms with Crippen LogP contribution in [0, 0.1) is 5.92 Å². The van der Waals surface area contributed by atoms with Crippen molar-refractivity contribution in [3.63, 3.8) is 0 Å². The highest BCUT2D eigenvalue weighted by atomic mass is 32.2. The van der Waals surface area contributed by atoms with Crippen LogP contribution in [0.1, 0.15) is 44.0 Å². The first-order valence-corrected chi connectivity index (χ1v) is 9.21. The molecule has 2 amide bonds. The minimum atomic E-state index is -0.394. The van der Waals surface area contributed by atoms with E-state index < -0.39 is 6.04 Å². The summed E-state index contributed by atoms with van der Waals surface area (Å²) in [5.74, 6) is 1.64. The number of carbonyl (C=O) groups excluding carboxylic acids is 2. The molecule has 0 saturated carbocycles. The Balaban J connectivity index is 1.95. The van der Waals surface area contributed by atoms with Crippen LogP contribution in [0.5, 0.6) is 0 Å². The van der Waals surface area contributed by atoms with E-state index in [0.29, 0.717) is 23.1 Å². The lowest BCUT2D eigenvalue weighted by Crippen LogP contribution is -2.49. The van der Waals surface area contributed by atoms with Gasteiger partial charge in [0.05, 0.1) is 17.6 Å². The molecule has 0 unspecified atom stereocenters. The average Bonchev–Trinajstić information content (AvgIpc) is 3.13. The molecule has 0 spiro atoms. The largest absolute Gasteiger partial charge is 0.352 e. The molecule has 1 aliphatic heterocycles. The van der Waals surface area contributed by atoms with Crippen LogP contribution in [-0.4, -0.2) is 50.2 Å². The van der Waals surface area contributed by atoms with Gasteiger partial charge in [0.1, 0.15) is 6.04 Å². The average molecular weight is 338 g/mol. The van der Waals surface area contributed by atoms with Crippen molar-refractivity contribution in [3.8, 4) is 0 Å². The van der Waals surface area contributed by atoms with Gasteiger partial charge < -0.3 is 10.2 Å². The van der Waals surface area contributed by atoms with Crippen LogP contribution >= 0.6 is 11.8 Å². The minimum Gasteiger partial charge on any atom is -0.352 e. The maximum atomic E-state index is 12.6. The van der Waals surface area contributed by atoms with Crippen LogP contribution in [-0.2, 0) is 11.8 Å². The predicted octanol–water partition coefficient (Wildman–Crippen LogP) is 1.88. The van der Waals surface area contributed by atoms with E-state index in [9.17, 15) is 9.59 Å². The van der Waals surface area contributed by atoms with Crippen molar-refractivity contribution in [3.05, 3.63) is 18.0 Å². The second-order valence-corrected chi connectivity index (χ2v) is 7.57. The third-order valence-electron chi connectivity index (χ3n) is 3.96. The summed E-state index contributed by atoms with van der Waals surface area (Å²) in [4.78, 5) is 26.7. The van der Waals surface area contributed by atoms with Crippen molar-refractivity contribution in [2.75, 3.05) is 11.6 Å². The molecule has 2 heterocycles. The molecule has 2 rings (SSSR count). The van der Waals surface area contributed by atoms with Crippen LogP contribution in [0.25, 0.3) is 0 Å². The predicted molar refractivity (Wildman–Crippen MR) is 92.2 cm³/mol. The van der Waals surface area contributed by atoms with Crippen LogP contribution in [0.4, 0.5) is 0 Å². The molecule has 128 valence electrons. The monoisotopic (exact) mass is 338 g/mol. The fraction of sp³-hybridized carbons (Fsp3) is 0.688. The summed E-state index contributed by atoms with van der Waals surface area (Å²) in [7, 11) is 1.77. The van der Waals surface area contributed by atoms with E-state index >= 15 is 0 Å². The Bertz CT molecular complexity index is 558. The van der Waals surface area contributed by atoms with Crippen LogP contribution in [0.3, 0.4) is 0 Å². The minimum absolute atomic E-state index is 0.0523. The van der Waals surface area contributed by atoms with Gasteiger partial charge in [-0.05, 0) is 25.7 Å². The van der Waals surface area contributed by atoms with Gasteiger partial charge in [-0.3, -0.25) is 14.3 Å². The molecule has 1 aliphatic rings. The second-order valence-electron chi connectivity index (χ2n) is 6.57. The van der Waals surface area contributed by atoms with Crippen molar-refractivity contribution < 1.29 is 9.59 Å². The number of thioether (sulfide) groups is 1. The van der Waals surface area contributed by atoms with Crippen molar-refractivity contribution in [2.24, 2.45) is 13.0 Å². The molecular weight excluding hydrogens is 312 g/mol. The highest BCUT2D eigenvalue weighted by Gasteiger charge is 2.35. The lowest BCUT2D eigenvalue weighted by atomic mass is 10.0. The van der Waals surface area contributed by atoms with Gasteiger partial charge in [-0.1, -0.05) is 13.8 Å². The summed E-state index contributed by atoms with van der Waals surface area (Å²) < 4.78 is 1.60. The molecule has 0 radical (unpaired) electrons. The van der Waals surface area contributed by atoms with E-state index in [1.165, 1.54) is 0 Å². The normalized spacial score (nSPS) is 19.2. The Hall–Kier alpha value is -1.50. The summed E-state index contributed by atoms with van der Waals surface area (Å²) in [6.07, 6.45) is 5.27. The topological polar surface area (TPSA) is 67.2 Å². The molecule has 0 aliphatic carbocycles. The SMILES string of the molecule is CC(C)CC[C@H](C)NC(=O)[C@H]1CSCN1C(=O)c1cnn(C)c1. The highest BCUT2D eigenvalue weighted by Crippen LogP contribution is 2.23. The Morgan fingerprint density at radius 1 is 1.39 bits per heavy atom. The van der Waals surface area contributed by atoms with E-state index in [0.717, 1.165) is 12.8 Å². The van der Waals surface area contributed by atoms with Gasteiger partial charge in [-0.25, -0.2) is 0 Å². The first-order valence-electron chi connectivity index (χ1n) is 8.06. The third-order valence-corrected chi connectivity index (χ3v) is 4.98. The lowest BCUT2D eigenvalue weighted by molar-refractivity contribution is -0.125. The molecule has 1 saturated heterocycles. The molecule has 6 nitrogen and oxygen atoms in total. The Morgan fingerprint density at radius 3 is 2.74 bits per heavy atom. The van der Waals surface area contributed by atoms with Gasteiger partial charge in [0.25, 0.3) is 5.91 Å². The quantitative estimate of drug-likeness (QED) is 0.860. The zero-order valence-corrected chi connectivity index (χ0v) is 15.1. The number of rotatable bonds is 6. The third kappa shape index (κ3) is 4.73. The molecule has 0 bridgehead atoms.